The number of hydrogen-bond acceptors (Lipinski definition) is 7. The molecular formula is C21H15N5O3S. The van der Waals surface area contributed by atoms with Gasteiger partial charge in [0, 0.05) is 29.6 Å². The number of rotatable bonds is 4. The maximum absolute atomic E-state index is 12.4. The van der Waals surface area contributed by atoms with Crippen LogP contribution in [0.2, 0.25) is 0 Å². The predicted octanol–water partition coefficient (Wildman–Crippen LogP) is 3.35. The lowest BCUT2D eigenvalue weighted by atomic mass is 10.2. The molecule has 0 saturated heterocycles. The van der Waals surface area contributed by atoms with Crippen molar-refractivity contribution >= 4 is 56.4 Å². The number of aryl methyl sites for hydroxylation is 1. The van der Waals surface area contributed by atoms with Gasteiger partial charge in [0.15, 0.2) is 5.65 Å². The van der Waals surface area contributed by atoms with Gasteiger partial charge in [-0.1, -0.05) is 30.0 Å². The van der Waals surface area contributed by atoms with Gasteiger partial charge in [-0.3, -0.25) is 4.79 Å². The van der Waals surface area contributed by atoms with Crippen LogP contribution in [0.4, 0.5) is 5.69 Å². The van der Waals surface area contributed by atoms with Gasteiger partial charge < -0.3 is 14.3 Å². The first kappa shape index (κ1) is 18.3. The summed E-state index contributed by atoms with van der Waals surface area (Å²) in [6.45, 7) is 0. The molecule has 0 fully saturated rings. The van der Waals surface area contributed by atoms with Crippen molar-refractivity contribution in [2.45, 2.75) is 5.16 Å². The van der Waals surface area contributed by atoms with Crippen molar-refractivity contribution in [3.8, 4) is 0 Å². The molecule has 0 spiro atoms. The number of thioether (sulfide) groups is 1. The van der Waals surface area contributed by atoms with Gasteiger partial charge >= 0.3 is 5.63 Å². The summed E-state index contributed by atoms with van der Waals surface area (Å²) in [4.78, 5) is 28.2. The van der Waals surface area contributed by atoms with Crippen molar-refractivity contribution in [1.82, 2.24) is 19.7 Å². The van der Waals surface area contributed by atoms with E-state index < -0.39 is 5.63 Å². The molecule has 5 rings (SSSR count). The third-order valence-electron chi connectivity index (χ3n) is 4.72. The number of carbonyl (C=O) groups excluding carboxylic acids is 1. The van der Waals surface area contributed by atoms with Crippen molar-refractivity contribution in [3.05, 3.63) is 65.0 Å². The molecule has 5 aromatic rings. The first-order chi connectivity index (χ1) is 14.6. The normalized spacial score (nSPS) is 11.4. The van der Waals surface area contributed by atoms with Crippen LogP contribution in [0.5, 0.6) is 0 Å². The van der Waals surface area contributed by atoms with Crippen molar-refractivity contribution < 1.29 is 9.21 Å². The van der Waals surface area contributed by atoms with Crippen LogP contribution in [0.1, 0.15) is 0 Å². The third kappa shape index (κ3) is 3.29. The van der Waals surface area contributed by atoms with E-state index in [4.69, 9.17) is 4.42 Å². The zero-order valence-corrected chi connectivity index (χ0v) is 16.6. The molecule has 1 N–H and O–H groups in total. The van der Waals surface area contributed by atoms with E-state index >= 15 is 0 Å². The van der Waals surface area contributed by atoms with Crippen molar-refractivity contribution in [2.75, 3.05) is 11.1 Å². The summed E-state index contributed by atoms with van der Waals surface area (Å²) in [7, 11) is 1.93. The number of aromatic nitrogens is 4. The van der Waals surface area contributed by atoms with Crippen LogP contribution in [0.25, 0.3) is 33.0 Å². The minimum absolute atomic E-state index is 0.138. The number of fused-ring (bicyclic) bond motifs is 4. The summed E-state index contributed by atoms with van der Waals surface area (Å²) in [6, 6.07) is 16.0. The molecule has 0 radical (unpaired) electrons. The molecule has 9 heteroatoms. The van der Waals surface area contributed by atoms with Crippen LogP contribution in [0.15, 0.2) is 69.0 Å². The topological polar surface area (TPSA) is 103 Å². The summed E-state index contributed by atoms with van der Waals surface area (Å²) >= 11 is 1.22. The molecular weight excluding hydrogens is 402 g/mol. The second-order valence-electron chi connectivity index (χ2n) is 6.69. The number of carbonyl (C=O) groups is 1. The Balaban J connectivity index is 1.32. The molecule has 0 bridgehead atoms. The number of hydrogen-bond donors (Lipinski definition) is 1. The van der Waals surface area contributed by atoms with Crippen LogP contribution in [-0.4, -0.2) is 31.4 Å². The molecule has 0 aliphatic heterocycles. The van der Waals surface area contributed by atoms with E-state index in [0.717, 1.165) is 27.5 Å². The fraction of sp³-hybridized carbons (Fsp3) is 0.0952. The highest BCUT2D eigenvalue weighted by Crippen LogP contribution is 2.26. The molecule has 8 nitrogen and oxygen atoms in total. The third-order valence-corrected chi connectivity index (χ3v) is 5.56. The number of nitrogens with zero attached hydrogens (tertiary/aromatic N) is 4. The largest absolute Gasteiger partial charge is 0.423 e. The quantitative estimate of drug-likeness (QED) is 0.353. The Morgan fingerprint density at radius 1 is 1.13 bits per heavy atom. The zero-order valence-electron chi connectivity index (χ0n) is 15.8. The molecule has 0 atom stereocenters. The van der Waals surface area contributed by atoms with E-state index in [1.54, 1.807) is 24.3 Å². The van der Waals surface area contributed by atoms with Crippen LogP contribution >= 0.6 is 11.8 Å². The van der Waals surface area contributed by atoms with Gasteiger partial charge in [-0.05, 0) is 30.3 Å². The fourth-order valence-corrected chi connectivity index (χ4v) is 3.91. The maximum Gasteiger partial charge on any atom is 0.336 e. The summed E-state index contributed by atoms with van der Waals surface area (Å²) < 4.78 is 7.06. The second kappa shape index (κ2) is 7.27. The zero-order chi connectivity index (χ0) is 20.7. The molecule has 30 heavy (non-hydrogen) atoms. The van der Waals surface area contributed by atoms with Gasteiger partial charge in [0.1, 0.15) is 11.1 Å². The maximum atomic E-state index is 12.4. The number of anilines is 1. The van der Waals surface area contributed by atoms with Crippen molar-refractivity contribution in [3.63, 3.8) is 0 Å². The van der Waals surface area contributed by atoms with Gasteiger partial charge in [-0.25, -0.2) is 9.78 Å². The summed E-state index contributed by atoms with van der Waals surface area (Å²) in [5.74, 6) is -0.0588. The molecule has 0 unspecified atom stereocenters. The van der Waals surface area contributed by atoms with E-state index in [0.29, 0.717) is 16.4 Å². The minimum Gasteiger partial charge on any atom is -0.423 e. The lowest BCUT2D eigenvalue weighted by Gasteiger charge is -2.05. The average Bonchev–Trinajstić information content (AvgIpc) is 3.04. The molecule has 0 saturated carbocycles. The molecule has 0 aliphatic rings. The first-order valence-electron chi connectivity index (χ1n) is 9.13. The highest BCUT2D eigenvalue weighted by atomic mass is 32.2. The molecule has 1 amide bonds. The smallest absolute Gasteiger partial charge is 0.336 e. The highest BCUT2D eigenvalue weighted by Gasteiger charge is 2.13. The summed E-state index contributed by atoms with van der Waals surface area (Å²) in [5.41, 5.74) is 3.17. The highest BCUT2D eigenvalue weighted by molar-refractivity contribution is 7.99. The fourth-order valence-electron chi connectivity index (χ4n) is 3.33. The predicted molar refractivity (Wildman–Crippen MR) is 116 cm³/mol. The van der Waals surface area contributed by atoms with Gasteiger partial charge in [-0.15, -0.1) is 10.2 Å². The molecule has 148 valence electrons. The Morgan fingerprint density at radius 3 is 2.90 bits per heavy atom. The van der Waals surface area contributed by atoms with Crippen molar-refractivity contribution in [2.24, 2.45) is 7.05 Å². The first-order valence-corrected chi connectivity index (χ1v) is 10.1. The van der Waals surface area contributed by atoms with Gasteiger partial charge in [0.2, 0.25) is 11.1 Å². The Kier molecular flexibility index (Phi) is 4.44. The van der Waals surface area contributed by atoms with E-state index in [2.05, 4.69) is 20.5 Å². The number of amides is 1. The average molecular weight is 417 g/mol. The molecule has 3 heterocycles. The number of nitrogens with one attached hydrogen (secondary N) is 1. The Morgan fingerprint density at radius 2 is 2.00 bits per heavy atom. The minimum atomic E-state index is -0.410. The van der Waals surface area contributed by atoms with Crippen LogP contribution < -0.4 is 10.9 Å². The number of benzene rings is 2. The van der Waals surface area contributed by atoms with E-state index in [9.17, 15) is 9.59 Å². The lowest BCUT2D eigenvalue weighted by molar-refractivity contribution is -0.113. The molecule has 3 aromatic heterocycles. The molecule has 2 aromatic carbocycles. The van der Waals surface area contributed by atoms with Gasteiger partial charge in [-0.2, -0.15) is 0 Å². The van der Waals surface area contributed by atoms with Crippen LogP contribution in [0.3, 0.4) is 0 Å². The Labute approximate surface area is 173 Å². The van der Waals surface area contributed by atoms with Crippen molar-refractivity contribution in [1.29, 1.82) is 0 Å². The lowest BCUT2D eigenvalue weighted by Crippen LogP contribution is -2.14. The van der Waals surface area contributed by atoms with Crippen LogP contribution in [0, 0.1) is 0 Å². The summed E-state index contributed by atoms with van der Waals surface area (Å²) in [6.07, 6.45) is 0. The standard InChI is InChI=1S/C21H15N5O3S/c1-26-15-5-3-2-4-14(15)19-20(26)23-21(25-24-19)30-11-17(27)22-13-7-8-16-12(10-13)6-9-18(28)29-16/h2-10H,11H2,1H3,(H,22,27). The monoisotopic (exact) mass is 417 g/mol. The number of para-hydroxylation sites is 1. The Hall–Kier alpha value is -3.72. The van der Waals surface area contributed by atoms with E-state index in [-0.39, 0.29) is 11.7 Å². The van der Waals surface area contributed by atoms with Crippen LogP contribution in [-0.2, 0) is 11.8 Å². The SMILES string of the molecule is Cn1c2ccccc2c2nnc(SCC(=O)Nc3ccc4oc(=O)ccc4c3)nc21. The molecule has 0 aliphatic carbocycles. The van der Waals surface area contributed by atoms with E-state index in [1.807, 2.05) is 35.9 Å². The van der Waals surface area contributed by atoms with Gasteiger partial charge in [0.25, 0.3) is 0 Å². The second-order valence-corrected chi connectivity index (χ2v) is 7.63. The van der Waals surface area contributed by atoms with Gasteiger partial charge in [0.05, 0.1) is 11.3 Å². The summed E-state index contributed by atoms with van der Waals surface area (Å²) in [5, 5.41) is 13.5. The van der Waals surface area contributed by atoms with E-state index in [1.165, 1.54) is 17.8 Å². The Bertz CT molecular complexity index is 1490.